The maximum atomic E-state index is 13.1. The zero-order valence-corrected chi connectivity index (χ0v) is 9.92. The number of carbonyl (C=O) groups is 2. The van der Waals surface area contributed by atoms with Crippen molar-refractivity contribution >= 4 is 23.2 Å². The van der Waals surface area contributed by atoms with E-state index in [1.54, 1.807) is 0 Å². The van der Waals surface area contributed by atoms with Crippen LogP contribution in [0.1, 0.15) is 6.42 Å². The molecular weight excluding hydrogens is 257 g/mol. The molecular formula is C11H10FN3O4. The fourth-order valence-corrected chi connectivity index (χ4v) is 1.84. The predicted molar refractivity (Wildman–Crippen MR) is 62.9 cm³/mol. The molecule has 100 valence electrons. The van der Waals surface area contributed by atoms with Crippen LogP contribution in [-0.4, -0.2) is 34.7 Å². The zero-order chi connectivity index (χ0) is 14.2. The monoisotopic (exact) mass is 267 g/mol. The number of rotatable bonds is 3. The topological polar surface area (TPSA) is 92.6 Å². The number of halogens is 1. The molecule has 0 radical (unpaired) electrons. The summed E-state index contributed by atoms with van der Waals surface area (Å²) in [6, 6.07) is 1.98. The summed E-state index contributed by atoms with van der Waals surface area (Å²) in [7, 11) is 1.33. The Morgan fingerprint density at radius 3 is 2.68 bits per heavy atom. The van der Waals surface area contributed by atoms with E-state index in [2.05, 4.69) is 5.32 Å². The first kappa shape index (κ1) is 12.9. The van der Waals surface area contributed by atoms with Gasteiger partial charge in [0.15, 0.2) is 0 Å². The lowest BCUT2D eigenvalue weighted by molar-refractivity contribution is -0.384. The first-order valence-corrected chi connectivity index (χ1v) is 5.41. The number of nitro benzene ring substituents is 1. The minimum Gasteiger partial charge on any atom is -0.368 e. The maximum Gasteiger partial charge on any atom is 0.292 e. The lowest BCUT2D eigenvalue weighted by atomic mass is 10.2. The second kappa shape index (κ2) is 4.63. The molecule has 0 bridgehead atoms. The number of likely N-dealkylation sites (tertiary alicyclic amines) is 1. The van der Waals surface area contributed by atoms with Crippen molar-refractivity contribution in [1.82, 2.24) is 4.90 Å². The van der Waals surface area contributed by atoms with Gasteiger partial charge in [-0.1, -0.05) is 0 Å². The first-order chi connectivity index (χ1) is 8.90. The number of carbonyl (C=O) groups excluding carboxylic acids is 2. The molecule has 1 N–H and O–H groups in total. The third-order valence-corrected chi connectivity index (χ3v) is 2.87. The molecule has 1 heterocycles. The molecule has 1 unspecified atom stereocenters. The third-order valence-electron chi connectivity index (χ3n) is 2.87. The van der Waals surface area contributed by atoms with Gasteiger partial charge in [0.25, 0.3) is 11.6 Å². The summed E-state index contributed by atoms with van der Waals surface area (Å²) in [6.45, 7) is 0. The van der Waals surface area contributed by atoms with Crippen LogP contribution in [0.3, 0.4) is 0 Å². The predicted octanol–water partition coefficient (Wildman–Crippen LogP) is 0.903. The minimum atomic E-state index is -0.905. The number of likely N-dealkylation sites (N-methyl/N-ethyl adjacent to an activating group) is 1. The van der Waals surface area contributed by atoms with E-state index < -0.39 is 22.7 Å². The van der Waals surface area contributed by atoms with E-state index in [0.717, 1.165) is 23.1 Å². The summed E-state index contributed by atoms with van der Waals surface area (Å²) in [5.41, 5.74) is -0.470. The van der Waals surface area contributed by atoms with Crippen LogP contribution in [0.15, 0.2) is 18.2 Å². The van der Waals surface area contributed by atoms with Gasteiger partial charge >= 0.3 is 0 Å². The molecule has 7 nitrogen and oxygen atoms in total. The van der Waals surface area contributed by atoms with E-state index in [1.807, 2.05) is 0 Å². The van der Waals surface area contributed by atoms with E-state index in [-0.39, 0.29) is 23.7 Å². The highest BCUT2D eigenvalue weighted by molar-refractivity contribution is 6.06. The number of amides is 2. The molecule has 0 spiro atoms. The molecule has 1 aromatic carbocycles. The van der Waals surface area contributed by atoms with E-state index in [9.17, 15) is 24.1 Å². The lowest BCUT2D eigenvalue weighted by Gasteiger charge is -2.12. The number of benzene rings is 1. The van der Waals surface area contributed by atoms with Crippen molar-refractivity contribution in [1.29, 1.82) is 0 Å². The quantitative estimate of drug-likeness (QED) is 0.499. The molecule has 8 heteroatoms. The summed E-state index contributed by atoms with van der Waals surface area (Å²) in [5, 5.41) is 13.3. The second-order valence-corrected chi connectivity index (χ2v) is 4.11. The van der Waals surface area contributed by atoms with Gasteiger partial charge in [-0.15, -0.1) is 0 Å². The van der Waals surface area contributed by atoms with Crippen molar-refractivity contribution in [3.05, 3.63) is 34.1 Å². The van der Waals surface area contributed by atoms with E-state index >= 15 is 0 Å². The van der Waals surface area contributed by atoms with Gasteiger partial charge in [0.05, 0.1) is 11.3 Å². The van der Waals surface area contributed by atoms with Crippen LogP contribution in [0.2, 0.25) is 0 Å². The Labute approximate surface area is 107 Å². The molecule has 1 aromatic rings. The highest BCUT2D eigenvalue weighted by Gasteiger charge is 2.36. The summed E-state index contributed by atoms with van der Waals surface area (Å²) in [6.07, 6.45) is -0.108. The van der Waals surface area contributed by atoms with Gasteiger partial charge in [-0.25, -0.2) is 4.39 Å². The average Bonchev–Trinajstić information content (AvgIpc) is 2.57. The highest BCUT2D eigenvalue weighted by atomic mass is 19.1. The summed E-state index contributed by atoms with van der Waals surface area (Å²) in [5.74, 6) is -1.55. The Hall–Kier alpha value is -2.51. The number of anilines is 1. The first-order valence-electron chi connectivity index (χ1n) is 5.41. The molecule has 2 amide bonds. The second-order valence-electron chi connectivity index (χ2n) is 4.11. The number of nitrogens with one attached hydrogen (secondary N) is 1. The van der Waals surface area contributed by atoms with Gasteiger partial charge < -0.3 is 5.32 Å². The number of hydrogen-bond acceptors (Lipinski definition) is 5. The van der Waals surface area contributed by atoms with Gasteiger partial charge in [-0.2, -0.15) is 0 Å². The summed E-state index contributed by atoms with van der Waals surface area (Å²) >= 11 is 0. The van der Waals surface area contributed by atoms with Gasteiger partial charge in [0.1, 0.15) is 17.5 Å². The fourth-order valence-electron chi connectivity index (χ4n) is 1.84. The van der Waals surface area contributed by atoms with Crippen LogP contribution in [0.25, 0.3) is 0 Å². The van der Waals surface area contributed by atoms with Crippen LogP contribution < -0.4 is 5.32 Å². The average molecular weight is 267 g/mol. The fraction of sp³-hybridized carbons (Fsp3) is 0.273. The molecule has 1 aliphatic heterocycles. The third kappa shape index (κ3) is 2.37. The molecule has 1 aliphatic rings. The Bertz CT molecular complexity index is 575. The Kier molecular flexibility index (Phi) is 3.16. The number of imide groups is 1. The molecule has 19 heavy (non-hydrogen) atoms. The van der Waals surface area contributed by atoms with Crippen molar-refractivity contribution in [2.45, 2.75) is 12.5 Å². The lowest BCUT2D eigenvalue weighted by Crippen LogP contribution is -2.32. The normalized spacial score (nSPS) is 18.8. The molecule has 0 aliphatic carbocycles. The van der Waals surface area contributed by atoms with E-state index in [4.69, 9.17) is 0 Å². The van der Waals surface area contributed by atoms with E-state index in [1.165, 1.54) is 7.05 Å². The van der Waals surface area contributed by atoms with Crippen LogP contribution >= 0.6 is 0 Å². The van der Waals surface area contributed by atoms with E-state index in [0.29, 0.717) is 0 Å². The molecule has 0 aromatic heterocycles. The summed E-state index contributed by atoms with van der Waals surface area (Å²) in [4.78, 5) is 34.0. The SMILES string of the molecule is CN1C(=O)CC(Nc2cc(F)ccc2[N+](=O)[O-])C1=O. The maximum absolute atomic E-state index is 13.1. The van der Waals surface area contributed by atoms with Gasteiger partial charge in [0, 0.05) is 19.2 Å². The number of hydrogen-bond donors (Lipinski definition) is 1. The Morgan fingerprint density at radius 1 is 1.47 bits per heavy atom. The van der Waals surface area contributed by atoms with Crippen molar-refractivity contribution in [3.63, 3.8) is 0 Å². The molecule has 1 atom stereocenters. The zero-order valence-electron chi connectivity index (χ0n) is 9.92. The van der Waals surface area contributed by atoms with Crippen molar-refractivity contribution in [2.24, 2.45) is 0 Å². The van der Waals surface area contributed by atoms with Crippen LogP contribution in [0.4, 0.5) is 15.8 Å². The number of nitro groups is 1. The molecule has 1 saturated heterocycles. The molecule has 2 rings (SSSR count). The van der Waals surface area contributed by atoms with Gasteiger partial charge in [-0.05, 0) is 6.07 Å². The van der Waals surface area contributed by atoms with Gasteiger partial charge in [0.2, 0.25) is 5.91 Å². The van der Waals surface area contributed by atoms with Gasteiger partial charge in [-0.3, -0.25) is 24.6 Å². The van der Waals surface area contributed by atoms with Crippen LogP contribution in [0, 0.1) is 15.9 Å². The number of nitrogens with zero attached hydrogens (tertiary/aromatic N) is 2. The highest BCUT2D eigenvalue weighted by Crippen LogP contribution is 2.27. The van der Waals surface area contributed by atoms with Crippen molar-refractivity contribution < 1.29 is 18.9 Å². The summed E-state index contributed by atoms with van der Waals surface area (Å²) < 4.78 is 13.1. The van der Waals surface area contributed by atoms with Crippen LogP contribution in [0.5, 0.6) is 0 Å². The largest absolute Gasteiger partial charge is 0.368 e. The molecule has 0 saturated carbocycles. The standard InChI is InChI=1S/C11H10FN3O4/c1-14-10(16)5-8(11(14)17)13-7-4-6(12)2-3-9(7)15(18)19/h2-4,8,13H,5H2,1H3. The Balaban J connectivity index is 2.29. The minimum absolute atomic E-state index is 0.108. The van der Waals surface area contributed by atoms with Crippen molar-refractivity contribution in [3.8, 4) is 0 Å². The van der Waals surface area contributed by atoms with Crippen molar-refractivity contribution in [2.75, 3.05) is 12.4 Å². The Morgan fingerprint density at radius 2 is 2.16 bits per heavy atom. The molecule has 1 fully saturated rings. The smallest absolute Gasteiger partial charge is 0.292 e. The van der Waals surface area contributed by atoms with Crippen LogP contribution in [-0.2, 0) is 9.59 Å².